The summed E-state index contributed by atoms with van der Waals surface area (Å²) in [6, 6.07) is 10.00. The first-order valence-corrected chi connectivity index (χ1v) is 6.20. The Hall–Kier alpha value is -1.61. The molecule has 3 heteroatoms. The molecule has 1 atom stereocenters. The van der Waals surface area contributed by atoms with Crippen LogP contribution in [0.15, 0.2) is 42.0 Å². The number of hydrogen-bond donors (Lipinski definition) is 1. The average molecular weight is 246 g/mol. The van der Waals surface area contributed by atoms with Crippen LogP contribution >= 0.6 is 0 Å². The molecule has 3 nitrogen and oxygen atoms in total. The normalized spacial score (nSPS) is 13.5. The number of carbonyl (C=O) groups is 1. The molecule has 1 aromatic carbocycles. The maximum atomic E-state index is 12.1. The predicted octanol–water partition coefficient (Wildman–Crippen LogP) is 2.37. The summed E-state index contributed by atoms with van der Waals surface area (Å²) in [5.74, 6) is 0.00236. The second-order valence-electron chi connectivity index (χ2n) is 4.66. The fraction of sp³-hybridized carbons (Fsp3) is 0.400. The minimum atomic E-state index is 0.00236. The molecule has 0 fully saturated rings. The Kier molecular flexibility index (Phi) is 5.59. The summed E-state index contributed by atoms with van der Waals surface area (Å²) in [4.78, 5) is 14.1. The van der Waals surface area contributed by atoms with Gasteiger partial charge in [0.2, 0.25) is 5.91 Å². The zero-order chi connectivity index (χ0) is 13.5. The van der Waals surface area contributed by atoms with Crippen molar-refractivity contribution < 1.29 is 4.79 Å². The van der Waals surface area contributed by atoms with Crippen molar-refractivity contribution in [2.24, 2.45) is 0 Å². The highest BCUT2D eigenvalue weighted by molar-refractivity contribution is 5.94. The van der Waals surface area contributed by atoms with Gasteiger partial charge in [-0.15, -0.1) is 0 Å². The van der Waals surface area contributed by atoms with E-state index in [0.29, 0.717) is 6.54 Å². The summed E-state index contributed by atoms with van der Waals surface area (Å²) in [6.45, 7) is 4.55. The molecule has 98 valence electrons. The number of nitrogens with one attached hydrogen (secondary N) is 1. The Bertz CT molecular complexity index is 410. The van der Waals surface area contributed by atoms with E-state index in [0.717, 1.165) is 11.1 Å². The number of allylic oxidation sites excluding steroid dienone is 1. The Balaban J connectivity index is 2.64. The van der Waals surface area contributed by atoms with Crippen molar-refractivity contribution in [1.29, 1.82) is 0 Å². The van der Waals surface area contributed by atoms with E-state index in [4.69, 9.17) is 0 Å². The fourth-order valence-electron chi connectivity index (χ4n) is 1.75. The number of rotatable bonds is 5. The Morgan fingerprint density at radius 2 is 1.94 bits per heavy atom. The maximum absolute atomic E-state index is 12.1. The number of amides is 1. The van der Waals surface area contributed by atoms with Crippen molar-refractivity contribution in [2.45, 2.75) is 19.9 Å². The van der Waals surface area contributed by atoms with Gasteiger partial charge in [-0.25, -0.2) is 0 Å². The molecule has 1 aromatic rings. The molecule has 0 aromatic heterocycles. The van der Waals surface area contributed by atoms with E-state index in [2.05, 4.69) is 5.32 Å². The lowest BCUT2D eigenvalue weighted by Crippen LogP contribution is -2.31. The number of benzene rings is 1. The smallest absolute Gasteiger partial charge is 0.248 e. The third-order valence-corrected chi connectivity index (χ3v) is 2.77. The van der Waals surface area contributed by atoms with Gasteiger partial charge in [-0.2, -0.15) is 0 Å². The maximum Gasteiger partial charge on any atom is 0.248 e. The van der Waals surface area contributed by atoms with Gasteiger partial charge in [0.15, 0.2) is 0 Å². The highest BCUT2D eigenvalue weighted by Gasteiger charge is 2.13. The van der Waals surface area contributed by atoms with Crippen LogP contribution in [0.5, 0.6) is 0 Å². The highest BCUT2D eigenvalue weighted by atomic mass is 16.1. The molecule has 0 bridgehead atoms. The molecule has 0 heterocycles. The van der Waals surface area contributed by atoms with Crippen LogP contribution in [0.4, 0.5) is 0 Å². The van der Waals surface area contributed by atoms with Crippen molar-refractivity contribution in [1.82, 2.24) is 10.2 Å². The lowest BCUT2D eigenvalue weighted by Gasteiger charge is -2.17. The molecule has 18 heavy (non-hydrogen) atoms. The molecule has 0 radical (unpaired) electrons. The minimum Gasteiger partial charge on any atom is -0.346 e. The molecule has 1 unspecified atom stereocenters. The first-order valence-electron chi connectivity index (χ1n) is 6.20. The topological polar surface area (TPSA) is 32.3 Å². The van der Waals surface area contributed by atoms with Crippen LogP contribution in [0, 0.1) is 0 Å². The fourth-order valence-corrected chi connectivity index (χ4v) is 1.75. The Morgan fingerprint density at radius 3 is 2.44 bits per heavy atom. The number of likely N-dealkylation sites (N-methyl/N-ethyl adjacent to an activating group) is 1. The van der Waals surface area contributed by atoms with Crippen LogP contribution in [0.1, 0.15) is 25.5 Å². The van der Waals surface area contributed by atoms with Crippen LogP contribution in [-0.4, -0.2) is 31.4 Å². The zero-order valence-corrected chi connectivity index (χ0v) is 11.6. The second-order valence-corrected chi connectivity index (χ2v) is 4.66. The molecule has 1 amide bonds. The lowest BCUT2D eigenvalue weighted by atomic mass is 10.1. The van der Waals surface area contributed by atoms with Crippen LogP contribution in [0.2, 0.25) is 0 Å². The molecule has 0 aliphatic heterocycles. The lowest BCUT2D eigenvalue weighted by molar-refractivity contribution is -0.118. The van der Waals surface area contributed by atoms with Gasteiger partial charge in [-0.05, 0) is 33.5 Å². The van der Waals surface area contributed by atoms with Crippen molar-refractivity contribution in [3.05, 3.63) is 47.5 Å². The van der Waals surface area contributed by atoms with Gasteiger partial charge in [0, 0.05) is 12.1 Å². The van der Waals surface area contributed by atoms with E-state index in [1.165, 1.54) is 0 Å². The molecule has 0 spiro atoms. The van der Waals surface area contributed by atoms with E-state index in [-0.39, 0.29) is 11.9 Å². The van der Waals surface area contributed by atoms with Gasteiger partial charge in [0.1, 0.15) is 0 Å². The van der Waals surface area contributed by atoms with Gasteiger partial charge >= 0.3 is 0 Å². The molecule has 1 rings (SSSR count). The molecule has 0 saturated heterocycles. The second kappa shape index (κ2) is 6.97. The van der Waals surface area contributed by atoms with E-state index >= 15 is 0 Å². The Labute approximate surface area is 109 Å². The minimum absolute atomic E-state index is 0.00236. The van der Waals surface area contributed by atoms with Crippen molar-refractivity contribution in [2.75, 3.05) is 20.6 Å². The summed E-state index contributed by atoms with van der Waals surface area (Å²) in [7, 11) is 3.91. The van der Waals surface area contributed by atoms with Gasteiger partial charge in [0.05, 0.1) is 6.04 Å². The van der Waals surface area contributed by atoms with Crippen LogP contribution in [0.3, 0.4) is 0 Å². The van der Waals surface area contributed by atoms with E-state index in [1.54, 1.807) is 0 Å². The number of carbonyl (C=O) groups excluding carboxylic acids is 1. The summed E-state index contributed by atoms with van der Waals surface area (Å²) >= 11 is 0. The average Bonchev–Trinajstić information content (AvgIpc) is 2.36. The summed E-state index contributed by atoms with van der Waals surface area (Å²) < 4.78 is 0. The molecular weight excluding hydrogens is 224 g/mol. The number of nitrogens with zero attached hydrogens (tertiary/aromatic N) is 1. The zero-order valence-electron chi connectivity index (χ0n) is 11.6. The third kappa shape index (κ3) is 4.34. The third-order valence-electron chi connectivity index (χ3n) is 2.77. The predicted molar refractivity (Wildman–Crippen MR) is 75.3 cm³/mol. The molecular formula is C15H22N2O. The first-order chi connectivity index (χ1) is 8.54. The summed E-state index contributed by atoms with van der Waals surface area (Å²) in [5, 5.41) is 3.02. The van der Waals surface area contributed by atoms with Crippen molar-refractivity contribution in [3.63, 3.8) is 0 Å². The molecule has 0 aliphatic rings. The van der Waals surface area contributed by atoms with Gasteiger partial charge in [-0.3, -0.25) is 4.79 Å². The molecule has 0 aliphatic carbocycles. The van der Waals surface area contributed by atoms with E-state index in [1.807, 2.05) is 69.3 Å². The monoisotopic (exact) mass is 246 g/mol. The van der Waals surface area contributed by atoms with Crippen LogP contribution in [0.25, 0.3) is 0 Å². The standard InChI is InChI=1S/C15H22N2O/c1-5-13(11-17(3)4)15(18)16-12(2)14-9-7-6-8-10-14/h5-10,12H,11H2,1-4H3,(H,16,18)/b13-5+. The van der Waals surface area contributed by atoms with Crippen molar-refractivity contribution in [3.8, 4) is 0 Å². The first kappa shape index (κ1) is 14.5. The van der Waals surface area contributed by atoms with Crippen LogP contribution < -0.4 is 5.32 Å². The van der Waals surface area contributed by atoms with Crippen LogP contribution in [-0.2, 0) is 4.79 Å². The van der Waals surface area contributed by atoms with Gasteiger partial charge in [0.25, 0.3) is 0 Å². The summed E-state index contributed by atoms with van der Waals surface area (Å²) in [6.07, 6.45) is 1.87. The SMILES string of the molecule is C/C=C(\CN(C)C)C(=O)NC(C)c1ccccc1. The Morgan fingerprint density at radius 1 is 1.33 bits per heavy atom. The van der Waals surface area contributed by atoms with Gasteiger partial charge < -0.3 is 10.2 Å². The molecule has 1 N–H and O–H groups in total. The quantitative estimate of drug-likeness (QED) is 0.809. The highest BCUT2D eigenvalue weighted by Crippen LogP contribution is 2.12. The van der Waals surface area contributed by atoms with Crippen molar-refractivity contribution >= 4 is 5.91 Å². The molecule has 0 saturated carbocycles. The van der Waals surface area contributed by atoms with E-state index < -0.39 is 0 Å². The van der Waals surface area contributed by atoms with Gasteiger partial charge in [-0.1, -0.05) is 36.4 Å². The largest absolute Gasteiger partial charge is 0.346 e. The summed E-state index contributed by atoms with van der Waals surface area (Å²) in [5.41, 5.74) is 1.91. The number of hydrogen-bond acceptors (Lipinski definition) is 2. The van der Waals surface area contributed by atoms with E-state index in [9.17, 15) is 4.79 Å².